The van der Waals surface area contributed by atoms with Crippen molar-refractivity contribution < 1.29 is 58.3 Å². The summed E-state index contributed by atoms with van der Waals surface area (Å²) in [6.45, 7) is 4.31. The van der Waals surface area contributed by atoms with Crippen molar-refractivity contribution in [3.8, 4) is 0 Å². The Morgan fingerprint density at radius 2 is 0.828 bits per heavy atom. The van der Waals surface area contributed by atoms with Gasteiger partial charge in [-0.2, -0.15) is 0 Å². The molecule has 12 nitrogen and oxygen atoms in total. The van der Waals surface area contributed by atoms with E-state index in [1.807, 2.05) is 0 Å². The lowest BCUT2D eigenvalue weighted by molar-refractivity contribution is -0.220. The van der Waals surface area contributed by atoms with E-state index < -0.39 is 63.1 Å². The second kappa shape index (κ2) is 42.2. The van der Waals surface area contributed by atoms with Crippen molar-refractivity contribution in [2.24, 2.45) is 0 Å². The van der Waals surface area contributed by atoms with Gasteiger partial charge in [0.05, 0.1) is 13.2 Å². The van der Waals surface area contributed by atoms with Gasteiger partial charge in [-0.1, -0.05) is 212 Å². The van der Waals surface area contributed by atoms with Crippen LogP contribution in [0, 0.1) is 0 Å². The van der Waals surface area contributed by atoms with E-state index in [0.29, 0.717) is 13.0 Å². The molecule has 0 bridgehead atoms. The zero-order valence-electron chi connectivity index (χ0n) is 40.9. The number of ether oxygens (including phenoxy) is 2. The van der Waals surface area contributed by atoms with Crippen molar-refractivity contribution in [1.29, 1.82) is 0 Å². The van der Waals surface area contributed by atoms with Gasteiger partial charge >= 0.3 is 13.8 Å². The summed E-state index contributed by atoms with van der Waals surface area (Å²) >= 11 is 0. The first-order valence-corrected chi connectivity index (χ1v) is 28.0. The van der Waals surface area contributed by atoms with Crippen molar-refractivity contribution in [1.82, 2.24) is 0 Å². The van der Waals surface area contributed by atoms with Crippen LogP contribution in [-0.4, -0.2) is 98.9 Å². The minimum atomic E-state index is -5.02. The van der Waals surface area contributed by atoms with Crippen molar-refractivity contribution in [2.45, 2.75) is 288 Å². The van der Waals surface area contributed by atoms with Crippen LogP contribution in [0.4, 0.5) is 0 Å². The summed E-state index contributed by atoms with van der Waals surface area (Å²) in [5.74, 6) is -0.474. The highest BCUT2D eigenvalue weighted by Crippen LogP contribution is 2.47. The van der Waals surface area contributed by atoms with Gasteiger partial charge < -0.3 is 39.9 Å². The van der Waals surface area contributed by atoms with Crippen LogP contribution >= 0.6 is 7.82 Å². The molecule has 0 aliphatic heterocycles. The third kappa shape index (κ3) is 33.5. The van der Waals surface area contributed by atoms with Gasteiger partial charge in [-0.15, -0.1) is 0 Å². The fourth-order valence-corrected chi connectivity index (χ4v) is 9.38. The molecule has 64 heavy (non-hydrogen) atoms. The Morgan fingerprint density at radius 3 is 1.23 bits per heavy atom. The summed E-state index contributed by atoms with van der Waals surface area (Å²) in [5.41, 5.74) is 0. The third-order valence-corrected chi connectivity index (χ3v) is 13.6. The molecular formula is C51H99O12P. The minimum absolute atomic E-state index is 0.0710. The molecule has 1 fully saturated rings. The van der Waals surface area contributed by atoms with E-state index >= 15 is 0 Å². The van der Waals surface area contributed by atoms with Gasteiger partial charge in [-0.3, -0.25) is 13.8 Å². The topological polar surface area (TPSA) is 192 Å². The molecule has 1 rings (SSSR count). The number of hydrogen-bond acceptors (Lipinski definition) is 11. The Balaban J connectivity index is 2.32. The normalized spacial score (nSPS) is 21.7. The standard InChI is InChI=1S/C51H99O12P/c1-3-5-7-9-11-13-15-17-19-21-23-24-26-28-30-32-34-36-38-40-45(52)62-44(43-61-64(58,59)63-51-49(56)47(54)46(53)48(55)50(51)57)42-60-41-39-37-35-33-31-29-27-25-22-20-18-16-14-12-10-8-6-4-2/h17,19,44,46-51,53-57H,3-16,18,20-43H2,1-2H3,(H,58,59)/b19-17-. The van der Waals surface area contributed by atoms with Gasteiger partial charge in [0, 0.05) is 13.0 Å². The lowest BCUT2D eigenvalue weighted by Gasteiger charge is -2.41. The number of unbranched alkanes of at least 4 members (excludes halogenated alkanes) is 32. The number of esters is 1. The lowest BCUT2D eigenvalue weighted by atomic mass is 9.85. The Bertz CT molecular complexity index is 1110. The molecular weight excluding hydrogens is 836 g/mol. The van der Waals surface area contributed by atoms with E-state index in [-0.39, 0.29) is 13.0 Å². The Morgan fingerprint density at radius 1 is 0.484 bits per heavy atom. The highest BCUT2D eigenvalue weighted by atomic mass is 31.2. The molecule has 0 saturated heterocycles. The zero-order chi connectivity index (χ0) is 46.9. The number of carbonyl (C=O) groups is 1. The molecule has 0 radical (unpaired) electrons. The number of phosphoric ester groups is 1. The monoisotopic (exact) mass is 935 g/mol. The number of aliphatic hydroxyl groups is 5. The Hall–Kier alpha value is -0.920. The molecule has 0 spiro atoms. The predicted octanol–water partition coefficient (Wildman–Crippen LogP) is 11.9. The van der Waals surface area contributed by atoms with Crippen LogP contribution in [0.25, 0.3) is 0 Å². The van der Waals surface area contributed by atoms with E-state index in [9.17, 15) is 39.8 Å². The number of rotatable bonds is 46. The van der Waals surface area contributed by atoms with Crippen LogP contribution in [0.15, 0.2) is 12.2 Å². The number of allylic oxidation sites excluding steroid dienone is 2. The van der Waals surface area contributed by atoms with Crippen LogP contribution in [-0.2, 0) is 27.9 Å². The molecule has 0 heterocycles. The quantitative estimate of drug-likeness (QED) is 0.0147. The van der Waals surface area contributed by atoms with E-state index in [1.54, 1.807) is 0 Å². The maximum atomic E-state index is 12.9. The molecule has 1 aliphatic carbocycles. The number of hydrogen-bond donors (Lipinski definition) is 6. The zero-order valence-corrected chi connectivity index (χ0v) is 41.7. The van der Waals surface area contributed by atoms with Gasteiger partial charge in [0.25, 0.3) is 0 Å². The third-order valence-electron chi connectivity index (χ3n) is 12.6. The summed E-state index contributed by atoms with van der Waals surface area (Å²) in [7, 11) is -5.02. The van der Waals surface area contributed by atoms with Gasteiger partial charge in [0.15, 0.2) is 0 Å². The summed E-state index contributed by atoms with van der Waals surface area (Å²) < 4.78 is 34.3. The van der Waals surface area contributed by atoms with Crippen molar-refractivity contribution in [3.63, 3.8) is 0 Å². The molecule has 1 aliphatic rings. The van der Waals surface area contributed by atoms with Crippen LogP contribution in [0.3, 0.4) is 0 Å². The summed E-state index contributed by atoms with van der Waals surface area (Å²) in [6, 6.07) is 0. The van der Waals surface area contributed by atoms with Crippen molar-refractivity contribution >= 4 is 13.8 Å². The maximum Gasteiger partial charge on any atom is 0.472 e. The van der Waals surface area contributed by atoms with Crippen LogP contribution in [0.5, 0.6) is 0 Å². The number of aliphatic hydroxyl groups excluding tert-OH is 5. The fourth-order valence-electron chi connectivity index (χ4n) is 8.41. The predicted molar refractivity (Wildman–Crippen MR) is 258 cm³/mol. The second-order valence-electron chi connectivity index (χ2n) is 18.7. The van der Waals surface area contributed by atoms with Gasteiger partial charge in [-0.25, -0.2) is 4.57 Å². The SMILES string of the molecule is CCCCCCCC/C=C\CCCCCCCCCCCC(=O)OC(COCCCCCCCCCCCCCCCCCCCC)COP(=O)(O)OC1C(O)C(O)C(O)C(O)C1O. The highest BCUT2D eigenvalue weighted by molar-refractivity contribution is 7.47. The smallest absolute Gasteiger partial charge is 0.457 e. The van der Waals surface area contributed by atoms with Gasteiger partial charge in [0.2, 0.25) is 0 Å². The van der Waals surface area contributed by atoms with Crippen LogP contribution in [0.2, 0.25) is 0 Å². The minimum Gasteiger partial charge on any atom is -0.457 e. The number of phosphoric acid groups is 1. The largest absolute Gasteiger partial charge is 0.472 e. The summed E-state index contributed by atoms with van der Waals surface area (Å²) in [5, 5.41) is 50.3. The van der Waals surface area contributed by atoms with Gasteiger partial charge in [-0.05, 0) is 38.5 Å². The second-order valence-corrected chi connectivity index (χ2v) is 20.1. The van der Waals surface area contributed by atoms with Crippen molar-refractivity contribution in [2.75, 3.05) is 19.8 Å². The molecule has 6 atom stereocenters. The molecule has 0 aromatic rings. The first kappa shape index (κ1) is 61.1. The molecule has 380 valence electrons. The van der Waals surface area contributed by atoms with Crippen LogP contribution < -0.4 is 0 Å². The molecule has 0 aromatic carbocycles. The summed E-state index contributed by atoms with van der Waals surface area (Å²) in [4.78, 5) is 23.3. The Labute approximate surface area is 390 Å². The first-order chi connectivity index (χ1) is 31.0. The van der Waals surface area contributed by atoms with E-state index in [0.717, 1.165) is 38.5 Å². The number of carbonyl (C=O) groups excluding carboxylic acids is 1. The van der Waals surface area contributed by atoms with Crippen molar-refractivity contribution in [3.05, 3.63) is 12.2 Å². The molecule has 0 amide bonds. The van der Waals surface area contributed by atoms with Gasteiger partial charge in [0.1, 0.15) is 42.7 Å². The van der Waals surface area contributed by atoms with Crippen LogP contribution in [0.1, 0.15) is 245 Å². The average molecular weight is 935 g/mol. The van der Waals surface area contributed by atoms with E-state index in [4.69, 9.17) is 18.5 Å². The molecule has 1 saturated carbocycles. The van der Waals surface area contributed by atoms with E-state index in [1.165, 1.54) is 180 Å². The molecule has 0 aromatic heterocycles. The Kier molecular flexibility index (Phi) is 40.3. The molecule has 6 unspecified atom stereocenters. The average Bonchev–Trinajstić information content (AvgIpc) is 3.28. The van der Waals surface area contributed by atoms with E-state index in [2.05, 4.69) is 26.0 Å². The lowest BCUT2D eigenvalue weighted by Crippen LogP contribution is -2.64. The molecule has 6 N–H and O–H groups in total. The first-order valence-electron chi connectivity index (χ1n) is 26.5. The summed E-state index contributed by atoms with van der Waals surface area (Å²) in [6.07, 6.45) is 35.6. The maximum absolute atomic E-state index is 12.9. The fraction of sp³-hybridized carbons (Fsp3) is 0.941. The molecule has 13 heteroatoms. The highest BCUT2D eigenvalue weighted by Gasteiger charge is 2.51.